The first-order valence-electron chi connectivity index (χ1n) is 18.6. The summed E-state index contributed by atoms with van der Waals surface area (Å²) in [6.45, 7) is 3.27. The average molecular weight is 908 g/mol. The number of aromatic hydroxyl groups is 1. The third-order valence-electron chi connectivity index (χ3n) is 12.1. The van der Waals surface area contributed by atoms with Crippen LogP contribution in [0.3, 0.4) is 0 Å². The highest BCUT2D eigenvalue weighted by atomic mass is 35.5. The van der Waals surface area contributed by atoms with E-state index in [0.717, 1.165) is 11.1 Å². The number of rotatable bonds is 6. The smallest absolute Gasteiger partial charge is 0.433 e. The Morgan fingerprint density at radius 3 is 2.11 bits per heavy atom. The number of allylic oxidation sites excluding steroid dienone is 2. The summed E-state index contributed by atoms with van der Waals surface area (Å²) < 4.78 is 81.8. The molecule has 0 bridgehead atoms. The van der Waals surface area contributed by atoms with E-state index in [0.29, 0.717) is 61.2 Å². The molecule has 4 amide bonds. The van der Waals surface area contributed by atoms with Crippen LogP contribution in [-0.4, -0.2) is 55.8 Å². The number of phenolic OH excluding ortho intramolecular Hbond substituents is 1. The van der Waals surface area contributed by atoms with E-state index in [1.165, 1.54) is 19.2 Å². The Morgan fingerprint density at radius 2 is 1.51 bits per heavy atom. The number of carbonyl (C=O) groups excluding carboxylic acids is 4. The lowest BCUT2D eigenvalue weighted by Gasteiger charge is -2.50. The molecule has 0 spiro atoms. The molecule has 4 heterocycles. The van der Waals surface area contributed by atoms with E-state index < -0.39 is 98.9 Å². The summed E-state index contributed by atoms with van der Waals surface area (Å²) in [5.74, 6) is -9.90. The zero-order valence-electron chi connectivity index (χ0n) is 31.9. The number of aromatic nitrogens is 2. The van der Waals surface area contributed by atoms with Gasteiger partial charge in [-0.25, -0.2) is 9.97 Å². The Bertz CT molecular complexity index is 2570. The second-order valence-corrected chi connectivity index (χ2v) is 16.7. The van der Waals surface area contributed by atoms with E-state index in [9.17, 15) is 45.8 Å². The molecule has 2 saturated heterocycles. The van der Waals surface area contributed by atoms with Crippen LogP contribution >= 0.6 is 34.8 Å². The lowest BCUT2D eigenvalue weighted by molar-refractivity contribution is -0.142. The monoisotopic (exact) mass is 906 g/mol. The molecule has 20 heteroatoms. The maximum atomic E-state index is 15.4. The van der Waals surface area contributed by atoms with Crippen LogP contribution in [0.4, 0.5) is 38.0 Å². The molecule has 0 unspecified atom stereocenters. The first-order chi connectivity index (χ1) is 28.6. The predicted molar refractivity (Wildman–Crippen MR) is 209 cm³/mol. The van der Waals surface area contributed by atoms with Crippen LogP contribution in [-0.2, 0) is 36.9 Å². The van der Waals surface area contributed by atoms with Crippen molar-refractivity contribution in [2.45, 2.75) is 50.4 Å². The fraction of sp³-hybridized carbons (Fsp3) is 0.317. The molecule has 11 nitrogen and oxygen atoms in total. The molecule has 6 atom stereocenters. The van der Waals surface area contributed by atoms with Crippen LogP contribution in [0.5, 0.6) is 5.75 Å². The molecule has 61 heavy (non-hydrogen) atoms. The standard InChI is InChI=1S/C41H31Cl3F6N6O5/c1-17-12-19(13-18(2)32(17)57)31-23-8-9-24-30(37(60)56(35(24)58)54(3)34-27(43)10-11-29(52-34)41(48,49)50)25(23)15-26-36(59)55(38(61)39(26,31)20-4-6-22(42)7-5-20)53-33-28(44)14-21(16-51-33)40(45,46)47/h4-8,10-14,16,24-26,30-31,57H,9,15H2,1-3H3,(H,51,53)/t24-,25+,26-,30-,31-,39+/m0/s1. The number of alkyl halides is 6. The largest absolute Gasteiger partial charge is 0.507 e. The number of fused-ring (bicyclic) bond motifs is 4. The van der Waals surface area contributed by atoms with Gasteiger partial charge in [0.15, 0.2) is 11.6 Å². The number of benzene rings is 2. The van der Waals surface area contributed by atoms with Gasteiger partial charge >= 0.3 is 12.4 Å². The number of imide groups is 2. The number of nitrogens with one attached hydrogen (secondary N) is 1. The van der Waals surface area contributed by atoms with Crippen molar-refractivity contribution >= 4 is 70.1 Å². The molecular weight excluding hydrogens is 877 g/mol. The second kappa shape index (κ2) is 14.6. The van der Waals surface area contributed by atoms with E-state index in [4.69, 9.17) is 34.8 Å². The number of phenols is 1. The molecule has 2 aromatic carbocycles. The Balaban J connectivity index is 1.29. The van der Waals surface area contributed by atoms with Crippen molar-refractivity contribution in [3.63, 3.8) is 0 Å². The van der Waals surface area contributed by atoms with Crippen molar-refractivity contribution in [1.82, 2.24) is 20.0 Å². The van der Waals surface area contributed by atoms with Crippen LogP contribution in [0.15, 0.2) is 72.4 Å². The van der Waals surface area contributed by atoms with Gasteiger partial charge in [-0.3, -0.25) is 29.6 Å². The summed E-state index contributed by atoms with van der Waals surface area (Å²) >= 11 is 18.9. The van der Waals surface area contributed by atoms with Crippen molar-refractivity contribution < 1.29 is 50.6 Å². The molecule has 318 valence electrons. The van der Waals surface area contributed by atoms with Gasteiger partial charge in [0.25, 0.3) is 23.6 Å². The summed E-state index contributed by atoms with van der Waals surface area (Å²) in [5.41, 5.74) is 0.278. The highest BCUT2D eigenvalue weighted by molar-refractivity contribution is 6.33. The van der Waals surface area contributed by atoms with E-state index >= 15 is 4.79 Å². The molecule has 2 aromatic heterocycles. The number of hydrogen-bond acceptors (Lipinski definition) is 9. The fourth-order valence-corrected chi connectivity index (χ4v) is 10.1. The number of halogens is 9. The minimum atomic E-state index is -4.88. The highest BCUT2D eigenvalue weighted by Crippen LogP contribution is 2.64. The Labute approximate surface area is 357 Å². The van der Waals surface area contributed by atoms with Gasteiger partial charge in [0.2, 0.25) is 0 Å². The summed E-state index contributed by atoms with van der Waals surface area (Å²) in [5, 5.41) is 12.5. The first-order valence-corrected chi connectivity index (χ1v) is 19.7. The Kier molecular flexibility index (Phi) is 10.1. The molecule has 2 N–H and O–H groups in total. The van der Waals surface area contributed by atoms with Crippen LogP contribution in [0, 0.1) is 37.5 Å². The molecule has 4 aromatic rings. The van der Waals surface area contributed by atoms with Gasteiger partial charge in [0, 0.05) is 24.2 Å². The average Bonchev–Trinajstić information content (AvgIpc) is 3.57. The summed E-state index contributed by atoms with van der Waals surface area (Å²) in [6, 6.07) is 11.6. The van der Waals surface area contributed by atoms with Gasteiger partial charge in [-0.05, 0) is 85.2 Å². The SMILES string of the molecule is Cc1cc([C@H]2C3=CC[C@@H]4C(=O)N(N(C)c5nc(C(F)(F)F)ccc5Cl)C(=O)[C@@H]4[C@@H]3C[C@H]3C(=O)N(Nc4ncc(C(F)(F)F)cc4Cl)C(=O)[C@@]23c2ccc(Cl)cc2)cc(C)c1O. The molecule has 8 rings (SSSR count). The topological polar surface area (TPSA) is 136 Å². The third kappa shape index (κ3) is 6.58. The number of nitrogens with zero attached hydrogens (tertiary/aromatic N) is 5. The van der Waals surface area contributed by atoms with E-state index in [1.54, 1.807) is 44.2 Å². The molecule has 4 aliphatic rings. The van der Waals surface area contributed by atoms with Gasteiger partial charge < -0.3 is 5.11 Å². The second-order valence-electron chi connectivity index (χ2n) is 15.4. The number of hydrazine groups is 2. The third-order valence-corrected chi connectivity index (χ3v) is 12.9. The van der Waals surface area contributed by atoms with Crippen molar-refractivity contribution in [2.75, 3.05) is 17.5 Å². The molecule has 2 aliphatic heterocycles. The van der Waals surface area contributed by atoms with Crippen LogP contribution in [0.25, 0.3) is 0 Å². The Morgan fingerprint density at radius 1 is 0.852 bits per heavy atom. The number of carbonyl (C=O) groups is 4. The summed E-state index contributed by atoms with van der Waals surface area (Å²) in [6.07, 6.45) is -7.76. The van der Waals surface area contributed by atoms with Gasteiger partial charge in [0.05, 0.1) is 38.8 Å². The highest BCUT2D eigenvalue weighted by Gasteiger charge is 2.70. The molecule has 2 aliphatic carbocycles. The molecule has 0 radical (unpaired) electrons. The Hall–Kier alpha value is -5.39. The maximum absolute atomic E-state index is 15.4. The van der Waals surface area contributed by atoms with Crippen LogP contribution in [0.2, 0.25) is 15.1 Å². The van der Waals surface area contributed by atoms with Crippen molar-refractivity contribution in [3.8, 4) is 5.75 Å². The molecular formula is C41H31Cl3F6N6O5. The first kappa shape index (κ1) is 42.3. The van der Waals surface area contributed by atoms with Crippen molar-refractivity contribution in [1.29, 1.82) is 0 Å². The number of pyridine rings is 2. The van der Waals surface area contributed by atoms with Crippen molar-refractivity contribution in [3.05, 3.63) is 121 Å². The van der Waals surface area contributed by atoms with Crippen molar-refractivity contribution in [2.24, 2.45) is 23.7 Å². The summed E-state index contributed by atoms with van der Waals surface area (Å²) in [4.78, 5) is 66.7. The molecule has 1 saturated carbocycles. The maximum Gasteiger partial charge on any atom is 0.433 e. The predicted octanol–water partition coefficient (Wildman–Crippen LogP) is 8.83. The van der Waals surface area contributed by atoms with Gasteiger partial charge in [-0.2, -0.15) is 36.4 Å². The van der Waals surface area contributed by atoms with E-state index in [-0.39, 0.29) is 23.6 Å². The van der Waals surface area contributed by atoms with Gasteiger partial charge in [0.1, 0.15) is 11.4 Å². The normalized spacial score (nSPS) is 25.0. The molecule has 3 fully saturated rings. The minimum absolute atomic E-state index is 0.0388. The van der Waals surface area contributed by atoms with Crippen LogP contribution < -0.4 is 10.4 Å². The number of anilines is 2. The van der Waals surface area contributed by atoms with E-state index in [2.05, 4.69) is 15.4 Å². The number of hydrogen-bond donors (Lipinski definition) is 2. The van der Waals surface area contributed by atoms with Crippen LogP contribution in [0.1, 0.15) is 52.3 Å². The van der Waals surface area contributed by atoms with E-state index in [1.807, 2.05) is 0 Å². The lowest BCUT2D eigenvalue weighted by Crippen LogP contribution is -2.53. The van der Waals surface area contributed by atoms with Gasteiger partial charge in [-0.1, -0.05) is 70.7 Å². The zero-order chi connectivity index (χ0) is 44.2. The number of aryl methyl sites for hydroxylation is 2. The quantitative estimate of drug-likeness (QED) is 0.111. The number of amides is 4. The zero-order valence-corrected chi connectivity index (χ0v) is 34.1. The van der Waals surface area contributed by atoms with Gasteiger partial charge in [-0.15, -0.1) is 0 Å². The fourth-order valence-electron chi connectivity index (χ4n) is 9.50. The minimum Gasteiger partial charge on any atom is -0.507 e. The summed E-state index contributed by atoms with van der Waals surface area (Å²) in [7, 11) is 1.18. The lowest BCUT2D eigenvalue weighted by atomic mass is 9.49.